The van der Waals surface area contributed by atoms with Crippen LogP contribution in [0.2, 0.25) is 5.02 Å². The molecule has 0 saturated heterocycles. The molecule has 1 unspecified atom stereocenters. The van der Waals surface area contributed by atoms with Crippen molar-refractivity contribution in [2.75, 3.05) is 23.7 Å². The van der Waals surface area contributed by atoms with Crippen LogP contribution in [0, 0.1) is 5.92 Å². The number of hydrogen-bond donors (Lipinski definition) is 3. The number of carbonyl (C=O) groups excluding carboxylic acids is 1. The molecule has 31 heavy (non-hydrogen) atoms. The van der Waals surface area contributed by atoms with E-state index in [1.807, 2.05) is 39.8 Å². The van der Waals surface area contributed by atoms with Crippen LogP contribution in [-0.4, -0.2) is 28.5 Å². The number of aromatic nitrogens is 2. The fourth-order valence-corrected chi connectivity index (χ4v) is 3.47. The normalized spacial score (nSPS) is 12.1. The van der Waals surface area contributed by atoms with Gasteiger partial charge < -0.3 is 16.0 Å². The van der Waals surface area contributed by atoms with Crippen LogP contribution in [0.5, 0.6) is 0 Å². The minimum atomic E-state index is -0.586. The predicted octanol–water partition coefficient (Wildman–Crippen LogP) is 2.91. The number of H-pyrrole nitrogens is 1. The lowest BCUT2D eigenvalue weighted by Gasteiger charge is -2.26. The molecule has 0 spiro atoms. The van der Waals surface area contributed by atoms with Crippen LogP contribution in [-0.2, 0) is 11.3 Å². The van der Waals surface area contributed by atoms with Crippen molar-refractivity contribution in [2.45, 2.75) is 53.1 Å². The number of nitrogens with two attached hydrogens (primary N) is 1. The summed E-state index contributed by atoms with van der Waals surface area (Å²) in [5.41, 5.74) is 6.19. The highest BCUT2D eigenvalue weighted by molar-refractivity contribution is 6.30. The molecule has 1 heterocycles. The first-order valence-electron chi connectivity index (χ1n) is 10.6. The van der Waals surface area contributed by atoms with Gasteiger partial charge in [-0.15, -0.1) is 0 Å². The van der Waals surface area contributed by atoms with Crippen molar-refractivity contribution in [2.24, 2.45) is 5.92 Å². The maximum absolute atomic E-state index is 12.8. The third-order valence-electron chi connectivity index (χ3n) is 4.94. The molecule has 1 aromatic carbocycles. The third kappa shape index (κ3) is 6.62. The molecule has 1 amide bonds. The fraction of sp³-hybridized carbons (Fsp3) is 0.500. The molecule has 1 aromatic heterocycles. The molecule has 0 bridgehead atoms. The second-order valence-corrected chi connectivity index (χ2v) is 8.55. The number of halogens is 1. The van der Waals surface area contributed by atoms with Crippen LogP contribution >= 0.6 is 11.6 Å². The van der Waals surface area contributed by atoms with Crippen molar-refractivity contribution in [3.8, 4) is 0 Å². The summed E-state index contributed by atoms with van der Waals surface area (Å²) >= 11 is 5.93. The number of anilines is 2. The van der Waals surface area contributed by atoms with E-state index in [0.29, 0.717) is 18.1 Å². The highest BCUT2D eigenvalue weighted by Crippen LogP contribution is 2.19. The van der Waals surface area contributed by atoms with Crippen molar-refractivity contribution in [3.63, 3.8) is 0 Å². The average molecular weight is 450 g/mol. The van der Waals surface area contributed by atoms with Gasteiger partial charge in [-0.05, 0) is 37.0 Å². The lowest BCUT2D eigenvalue weighted by molar-refractivity contribution is -0.120. The van der Waals surface area contributed by atoms with Crippen molar-refractivity contribution in [3.05, 3.63) is 55.7 Å². The van der Waals surface area contributed by atoms with E-state index >= 15 is 0 Å². The van der Waals surface area contributed by atoms with Crippen molar-refractivity contribution >= 4 is 29.0 Å². The Hall–Kier alpha value is -2.74. The Morgan fingerprint density at radius 3 is 2.45 bits per heavy atom. The number of amides is 1. The first-order chi connectivity index (χ1) is 14.6. The summed E-state index contributed by atoms with van der Waals surface area (Å²) in [6.45, 7) is 8.59. The highest BCUT2D eigenvalue weighted by Gasteiger charge is 2.22. The number of aromatic amines is 1. The van der Waals surface area contributed by atoms with Gasteiger partial charge >= 0.3 is 5.69 Å². The molecule has 4 N–H and O–H groups in total. The Bertz CT molecular complexity index is 998. The highest BCUT2D eigenvalue weighted by atomic mass is 35.5. The smallest absolute Gasteiger partial charge is 0.330 e. The second kappa shape index (κ2) is 11.0. The lowest BCUT2D eigenvalue weighted by atomic mass is 10.1. The molecule has 2 aromatic rings. The molecular formula is C22H32ClN5O3. The van der Waals surface area contributed by atoms with Gasteiger partial charge in [0, 0.05) is 18.1 Å². The van der Waals surface area contributed by atoms with E-state index < -0.39 is 11.2 Å². The van der Waals surface area contributed by atoms with Crippen LogP contribution in [0.15, 0.2) is 33.9 Å². The van der Waals surface area contributed by atoms with E-state index in [1.54, 1.807) is 17.0 Å². The van der Waals surface area contributed by atoms with E-state index in [9.17, 15) is 14.4 Å². The molecule has 1 atom stereocenters. The molecule has 0 radical (unpaired) electrons. The summed E-state index contributed by atoms with van der Waals surface area (Å²) in [6.07, 6.45) is 1.64. The van der Waals surface area contributed by atoms with Gasteiger partial charge in [0.2, 0.25) is 5.91 Å². The number of rotatable bonds is 10. The Labute approximate surface area is 187 Å². The molecular weight excluding hydrogens is 418 g/mol. The number of carbonyl (C=O) groups is 1. The zero-order valence-electron chi connectivity index (χ0n) is 18.6. The lowest BCUT2D eigenvalue weighted by Crippen LogP contribution is -2.44. The topological polar surface area (TPSA) is 113 Å². The Morgan fingerprint density at radius 2 is 1.87 bits per heavy atom. The summed E-state index contributed by atoms with van der Waals surface area (Å²) in [7, 11) is 0. The van der Waals surface area contributed by atoms with E-state index in [2.05, 4.69) is 10.3 Å². The standard InChI is InChI=1S/C22H32ClN5O3/c1-5-6-11-27(13-18(29)25-15(4)16-7-9-17(23)10-8-16)19-20(24)28(12-14(2)3)22(31)26-21(19)30/h7-10,14-15H,5-6,11-13,24H2,1-4H3,(H,25,29)(H,26,30,31). The van der Waals surface area contributed by atoms with Gasteiger partial charge in [0.15, 0.2) is 0 Å². The van der Waals surface area contributed by atoms with Crippen LogP contribution < -0.4 is 27.2 Å². The molecule has 0 saturated carbocycles. The Balaban J connectivity index is 2.29. The van der Waals surface area contributed by atoms with Gasteiger partial charge in [-0.2, -0.15) is 0 Å². The molecule has 0 aliphatic rings. The minimum Gasteiger partial charge on any atom is -0.383 e. The van der Waals surface area contributed by atoms with E-state index in [0.717, 1.165) is 18.4 Å². The van der Waals surface area contributed by atoms with Gasteiger partial charge in [-0.3, -0.25) is 19.1 Å². The van der Waals surface area contributed by atoms with Gasteiger partial charge in [0.05, 0.1) is 12.6 Å². The van der Waals surface area contributed by atoms with Crippen LogP contribution in [0.25, 0.3) is 0 Å². The molecule has 0 aliphatic heterocycles. The zero-order valence-corrected chi connectivity index (χ0v) is 19.3. The van der Waals surface area contributed by atoms with E-state index in [1.165, 1.54) is 4.57 Å². The minimum absolute atomic E-state index is 0.0505. The first-order valence-corrected chi connectivity index (χ1v) is 10.9. The summed E-state index contributed by atoms with van der Waals surface area (Å²) in [4.78, 5) is 41.7. The van der Waals surface area contributed by atoms with Gasteiger partial charge in [0.1, 0.15) is 11.5 Å². The van der Waals surface area contributed by atoms with Crippen molar-refractivity contribution < 1.29 is 4.79 Å². The number of nitrogens with zero attached hydrogens (tertiary/aromatic N) is 2. The van der Waals surface area contributed by atoms with E-state index in [4.69, 9.17) is 17.3 Å². The summed E-state index contributed by atoms with van der Waals surface area (Å²) < 4.78 is 1.36. The van der Waals surface area contributed by atoms with Crippen LogP contribution in [0.4, 0.5) is 11.5 Å². The molecule has 0 aliphatic carbocycles. The Morgan fingerprint density at radius 1 is 1.23 bits per heavy atom. The SMILES string of the molecule is CCCCN(CC(=O)NC(C)c1ccc(Cl)cc1)c1c(N)n(CC(C)C)c(=O)[nH]c1=O. The van der Waals surface area contributed by atoms with Crippen molar-refractivity contribution in [1.82, 2.24) is 14.9 Å². The molecule has 0 fully saturated rings. The fourth-order valence-electron chi connectivity index (χ4n) is 3.34. The van der Waals surface area contributed by atoms with Gasteiger partial charge in [0.25, 0.3) is 5.56 Å². The van der Waals surface area contributed by atoms with Crippen molar-refractivity contribution in [1.29, 1.82) is 0 Å². The second-order valence-electron chi connectivity index (χ2n) is 8.11. The van der Waals surface area contributed by atoms with Gasteiger partial charge in [-0.1, -0.05) is 50.9 Å². The predicted molar refractivity (Wildman–Crippen MR) is 126 cm³/mol. The monoisotopic (exact) mass is 449 g/mol. The maximum Gasteiger partial charge on any atom is 0.330 e. The van der Waals surface area contributed by atoms with Crippen LogP contribution in [0.3, 0.4) is 0 Å². The number of unbranched alkanes of at least 4 members (excludes halogenated alkanes) is 1. The van der Waals surface area contributed by atoms with Gasteiger partial charge in [-0.25, -0.2) is 4.79 Å². The summed E-state index contributed by atoms with van der Waals surface area (Å²) in [5.74, 6) is -0.0116. The quantitative estimate of drug-likeness (QED) is 0.516. The third-order valence-corrected chi connectivity index (χ3v) is 5.19. The van der Waals surface area contributed by atoms with E-state index in [-0.39, 0.29) is 35.9 Å². The number of hydrogen-bond acceptors (Lipinski definition) is 5. The molecule has 8 nitrogen and oxygen atoms in total. The summed E-state index contributed by atoms with van der Waals surface area (Å²) in [5, 5.41) is 3.57. The van der Waals surface area contributed by atoms with Crippen LogP contribution in [0.1, 0.15) is 52.1 Å². The zero-order chi connectivity index (χ0) is 23.1. The average Bonchev–Trinajstić information content (AvgIpc) is 2.69. The Kier molecular flexibility index (Phi) is 8.74. The molecule has 9 heteroatoms. The number of benzene rings is 1. The molecule has 2 rings (SSSR count). The number of nitrogen functional groups attached to an aromatic ring is 1. The molecule has 170 valence electrons. The maximum atomic E-state index is 12.8. The number of nitrogens with one attached hydrogen (secondary N) is 2. The largest absolute Gasteiger partial charge is 0.383 e. The first kappa shape index (κ1) is 24.5. The summed E-state index contributed by atoms with van der Waals surface area (Å²) in [6, 6.07) is 7.01.